The second-order valence-electron chi connectivity index (χ2n) is 5.93. The van der Waals surface area contributed by atoms with E-state index >= 15 is 0 Å². The molecule has 4 aromatic carbocycles. The molecular formula is C22H14O3. The number of fused-ring (bicyclic) bond motifs is 3. The zero-order valence-corrected chi connectivity index (χ0v) is 13.3. The fourth-order valence-electron chi connectivity index (χ4n) is 3.07. The highest BCUT2D eigenvalue weighted by Gasteiger charge is 2.12. The van der Waals surface area contributed by atoms with Gasteiger partial charge >= 0.3 is 5.97 Å². The molecular weight excluding hydrogens is 312 g/mol. The van der Waals surface area contributed by atoms with Gasteiger partial charge in [0.05, 0.1) is 5.56 Å². The van der Waals surface area contributed by atoms with Crippen molar-refractivity contribution in [3.63, 3.8) is 0 Å². The lowest BCUT2D eigenvalue weighted by atomic mass is 9.96. The normalized spacial score (nSPS) is 10.9. The van der Waals surface area contributed by atoms with Gasteiger partial charge in [0.25, 0.3) is 0 Å². The molecule has 0 spiro atoms. The number of benzene rings is 4. The molecule has 0 aromatic heterocycles. The van der Waals surface area contributed by atoms with E-state index in [1.807, 2.05) is 48.5 Å². The monoisotopic (exact) mass is 326 g/mol. The van der Waals surface area contributed by atoms with Crippen molar-refractivity contribution in [2.45, 2.75) is 0 Å². The molecule has 25 heavy (non-hydrogen) atoms. The third-order valence-electron chi connectivity index (χ3n) is 4.40. The van der Waals surface area contributed by atoms with Gasteiger partial charge in [0.1, 0.15) is 0 Å². The van der Waals surface area contributed by atoms with Crippen molar-refractivity contribution in [1.82, 2.24) is 0 Å². The molecule has 0 bridgehead atoms. The highest BCUT2D eigenvalue weighted by molar-refractivity contribution is 6.14. The molecule has 0 aliphatic rings. The van der Waals surface area contributed by atoms with Gasteiger partial charge in [0.2, 0.25) is 0 Å². The lowest BCUT2D eigenvalue weighted by molar-refractivity contribution is 0.0696. The standard InChI is InChI=1S/C22H14O3/c23-21(16-8-10-17(11-9-16)22(24)25)18-12-7-15-6-5-14-3-1-2-4-19(14)20(15)13-18/h1-13H,(H,24,25). The van der Waals surface area contributed by atoms with Gasteiger partial charge in [-0.25, -0.2) is 4.79 Å². The first-order valence-corrected chi connectivity index (χ1v) is 7.93. The van der Waals surface area contributed by atoms with Crippen molar-refractivity contribution < 1.29 is 14.7 Å². The Bertz CT molecular complexity index is 1130. The van der Waals surface area contributed by atoms with Crippen LogP contribution < -0.4 is 0 Å². The number of hydrogen-bond donors (Lipinski definition) is 1. The van der Waals surface area contributed by atoms with Crippen molar-refractivity contribution in [2.75, 3.05) is 0 Å². The first kappa shape index (κ1) is 15.1. The summed E-state index contributed by atoms with van der Waals surface area (Å²) in [6.07, 6.45) is 0. The highest BCUT2D eigenvalue weighted by Crippen LogP contribution is 2.27. The van der Waals surface area contributed by atoms with E-state index in [9.17, 15) is 9.59 Å². The maximum atomic E-state index is 12.8. The molecule has 0 saturated carbocycles. The molecule has 0 aliphatic carbocycles. The molecule has 4 aromatic rings. The van der Waals surface area contributed by atoms with E-state index in [1.165, 1.54) is 12.1 Å². The van der Waals surface area contributed by atoms with Crippen LogP contribution in [0.1, 0.15) is 26.3 Å². The van der Waals surface area contributed by atoms with Crippen LogP contribution in [0, 0.1) is 0 Å². The minimum Gasteiger partial charge on any atom is -0.478 e. The maximum absolute atomic E-state index is 12.8. The fraction of sp³-hybridized carbons (Fsp3) is 0. The van der Waals surface area contributed by atoms with E-state index in [1.54, 1.807) is 12.1 Å². The third kappa shape index (κ3) is 2.66. The number of carboxylic acid groups (broad SMARTS) is 1. The van der Waals surface area contributed by atoms with Crippen LogP contribution in [0.5, 0.6) is 0 Å². The average molecular weight is 326 g/mol. The van der Waals surface area contributed by atoms with Crippen LogP contribution in [0.25, 0.3) is 21.5 Å². The minimum absolute atomic E-state index is 0.119. The largest absolute Gasteiger partial charge is 0.478 e. The summed E-state index contributed by atoms with van der Waals surface area (Å²) in [6, 6.07) is 23.9. The van der Waals surface area contributed by atoms with Crippen molar-refractivity contribution in [2.24, 2.45) is 0 Å². The molecule has 0 amide bonds. The number of carbonyl (C=O) groups is 2. The number of carboxylic acids is 1. The summed E-state index contributed by atoms with van der Waals surface area (Å²) in [7, 11) is 0. The predicted molar refractivity (Wildman–Crippen MR) is 98.3 cm³/mol. The van der Waals surface area contributed by atoms with E-state index in [-0.39, 0.29) is 11.3 Å². The Morgan fingerprint density at radius 2 is 1.16 bits per heavy atom. The summed E-state index contributed by atoms with van der Waals surface area (Å²) in [4.78, 5) is 23.7. The quantitative estimate of drug-likeness (QED) is 0.429. The van der Waals surface area contributed by atoms with E-state index in [2.05, 4.69) is 6.07 Å². The summed E-state index contributed by atoms with van der Waals surface area (Å²) in [5, 5.41) is 13.3. The van der Waals surface area contributed by atoms with Gasteiger partial charge in [0, 0.05) is 11.1 Å². The Morgan fingerprint density at radius 1 is 0.600 bits per heavy atom. The third-order valence-corrected chi connectivity index (χ3v) is 4.40. The fourth-order valence-corrected chi connectivity index (χ4v) is 3.07. The number of ketones is 1. The molecule has 3 heteroatoms. The molecule has 0 radical (unpaired) electrons. The van der Waals surface area contributed by atoms with Gasteiger partial charge in [-0.05, 0) is 39.7 Å². The molecule has 0 heterocycles. The first-order chi connectivity index (χ1) is 12.1. The summed E-state index contributed by atoms with van der Waals surface area (Å²) < 4.78 is 0. The maximum Gasteiger partial charge on any atom is 0.335 e. The van der Waals surface area contributed by atoms with Crippen LogP contribution in [0.15, 0.2) is 78.9 Å². The lowest BCUT2D eigenvalue weighted by Gasteiger charge is -2.07. The van der Waals surface area contributed by atoms with Crippen LogP contribution >= 0.6 is 0 Å². The highest BCUT2D eigenvalue weighted by atomic mass is 16.4. The van der Waals surface area contributed by atoms with Gasteiger partial charge in [-0.1, -0.05) is 60.7 Å². The molecule has 0 aliphatic heterocycles. The lowest BCUT2D eigenvalue weighted by Crippen LogP contribution is -2.03. The van der Waals surface area contributed by atoms with Gasteiger partial charge < -0.3 is 5.11 Å². The molecule has 0 unspecified atom stereocenters. The predicted octanol–water partition coefficient (Wildman–Crippen LogP) is 4.92. The van der Waals surface area contributed by atoms with Crippen molar-refractivity contribution in [1.29, 1.82) is 0 Å². The van der Waals surface area contributed by atoms with Gasteiger partial charge in [-0.15, -0.1) is 0 Å². The van der Waals surface area contributed by atoms with Gasteiger partial charge in [-0.3, -0.25) is 4.79 Å². The zero-order chi connectivity index (χ0) is 17.4. The summed E-state index contributed by atoms with van der Waals surface area (Å²) >= 11 is 0. The minimum atomic E-state index is -1.00. The summed E-state index contributed by atoms with van der Waals surface area (Å²) in [5.74, 6) is -1.12. The molecule has 0 fully saturated rings. The Balaban J connectivity index is 1.81. The van der Waals surface area contributed by atoms with Gasteiger partial charge in [0.15, 0.2) is 5.78 Å². The smallest absolute Gasteiger partial charge is 0.335 e. The van der Waals surface area contributed by atoms with Crippen LogP contribution in [0.4, 0.5) is 0 Å². The van der Waals surface area contributed by atoms with Crippen molar-refractivity contribution >= 4 is 33.3 Å². The van der Waals surface area contributed by atoms with Crippen molar-refractivity contribution in [3.8, 4) is 0 Å². The molecule has 0 saturated heterocycles. The van der Waals surface area contributed by atoms with E-state index in [4.69, 9.17) is 5.11 Å². The summed E-state index contributed by atoms with van der Waals surface area (Å²) in [6.45, 7) is 0. The van der Waals surface area contributed by atoms with E-state index in [0.717, 1.165) is 21.5 Å². The van der Waals surface area contributed by atoms with Crippen LogP contribution in [-0.2, 0) is 0 Å². The van der Waals surface area contributed by atoms with Crippen LogP contribution in [0.2, 0.25) is 0 Å². The summed E-state index contributed by atoms with van der Waals surface area (Å²) in [5.41, 5.74) is 1.23. The molecule has 4 rings (SSSR count). The van der Waals surface area contributed by atoms with E-state index in [0.29, 0.717) is 11.1 Å². The SMILES string of the molecule is O=C(O)c1ccc(C(=O)c2ccc3ccc4ccccc4c3c2)cc1. The number of hydrogen-bond acceptors (Lipinski definition) is 2. The Labute approximate surface area is 144 Å². The van der Waals surface area contributed by atoms with Crippen LogP contribution in [0.3, 0.4) is 0 Å². The zero-order valence-electron chi connectivity index (χ0n) is 13.3. The number of carbonyl (C=O) groups excluding carboxylic acids is 1. The molecule has 1 N–H and O–H groups in total. The van der Waals surface area contributed by atoms with E-state index < -0.39 is 5.97 Å². The van der Waals surface area contributed by atoms with Crippen molar-refractivity contribution in [3.05, 3.63) is 95.6 Å². The second-order valence-corrected chi connectivity index (χ2v) is 5.93. The average Bonchev–Trinajstić information content (AvgIpc) is 2.67. The number of aromatic carboxylic acids is 1. The van der Waals surface area contributed by atoms with Crippen LogP contribution in [-0.4, -0.2) is 16.9 Å². The van der Waals surface area contributed by atoms with Gasteiger partial charge in [-0.2, -0.15) is 0 Å². The second kappa shape index (κ2) is 5.87. The Hall–Kier alpha value is -3.46. The Kier molecular flexibility index (Phi) is 3.55. The Morgan fingerprint density at radius 3 is 1.88 bits per heavy atom. The topological polar surface area (TPSA) is 54.4 Å². The first-order valence-electron chi connectivity index (χ1n) is 7.93. The molecule has 0 atom stereocenters. The number of rotatable bonds is 3. The molecule has 3 nitrogen and oxygen atoms in total. The molecule has 120 valence electrons.